The van der Waals surface area contributed by atoms with Gasteiger partial charge in [-0.15, -0.1) is 0 Å². The SMILES string of the molecule is COC(=O)c1ccc([N+](=O)[O-])c(OCC(=O)Nc2ccc3c(c2)OCCCO3)c1. The third kappa shape index (κ3) is 4.92. The molecule has 0 atom stereocenters. The predicted octanol–water partition coefficient (Wildman–Crippen LogP) is 2.56. The van der Waals surface area contributed by atoms with E-state index in [9.17, 15) is 19.7 Å². The molecular weight excluding hydrogens is 384 g/mol. The molecule has 0 spiro atoms. The van der Waals surface area contributed by atoms with Gasteiger partial charge in [0.15, 0.2) is 23.9 Å². The van der Waals surface area contributed by atoms with E-state index in [0.29, 0.717) is 30.4 Å². The zero-order valence-electron chi connectivity index (χ0n) is 15.5. The fourth-order valence-corrected chi connectivity index (χ4v) is 2.61. The van der Waals surface area contributed by atoms with Gasteiger partial charge in [0.05, 0.1) is 30.8 Å². The van der Waals surface area contributed by atoms with Crippen LogP contribution in [-0.4, -0.2) is 43.7 Å². The summed E-state index contributed by atoms with van der Waals surface area (Å²) in [5, 5.41) is 13.8. The van der Waals surface area contributed by atoms with Crippen LogP contribution in [0.5, 0.6) is 17.2 Å². The van der Waals surface area contributed by atoms with Crippen molar-refractivity contribution in [3.05, 3.63) is 52.1 Å². The topological polar surface area (TPSA) is 126 Å². The van der Waals surface area contributed by atoms with Crippen LogP contribution in [0.4, 0.5) is 11.4 Å². The number of anilines is 1. The number of esters is 1. The molecule has 0 saturated heterocycles. The van der Waals surface area contributed by atoms with Crippen molar-refractivity contribution < 1.29 is 33.5 Å². The first kappa shape index (κ1) is 19.9. The monoisotopic (exact) mass is 402 g/mol. The number of methoxy groups -OCH3 is 1. The summed E-state index contributed by atoms with van der Waals surface area (Å²) < 4.78 is 21.0. The van der Waals surface area contributed by atoms with Gasteiger partial charge in [-0.05, 0) is 18.2 Å². The number of carbonyl (C=O) groups is 2. The van der Waals surface area contributed by atoms with E-state index in [4.69, 9.17) is 14.2 Å². The molecule has 0 aromatic heterocycles. The molecule has 2 aromatic rings. The quantitative estimate of drug-likeness (QED) is 0.444. The average molecular weight is 402 g/mol. The van der Waals surface area contributed by atoms with Crippen molar-refractivity contribution in [1.29, 1.82) is 0 Å². The number of hydrogen-bond acceptors (Lipinski definition) is 8. The van der Waals surface area contributed by atoms with Gasteiger partial charge in [0, 0.05) is 30.3 Å². The van der Waals surface area contributed by atoms with Crippen molar-refractivity contribution in [2.75, 3.05) is 32.2 Å². The molecule has 10 heteroatoms. The molecule has 0 fully saturated rings. The van der Waals surface area contributed by atoms with E-state index in [0.717, 1.165) is 18.6 Å². The van der Waals surface area contributed by atoms with Gasteiger partial charge >= 0.3 is 11.7 Å². The molecule has 10 nitrogen and oxygen atoms in total. The number of benzene rings is 2. The molecule has 29 heavy (non-hydrogen) atoms. The van der Waals surface area contributed by atoms with Crippen molar-refractivity contribution in [3.63, 3.8) is 0 Å². The van der Waals surface area contributed by atoms with Gasteiger partial charge in [-0.25, -0.2) is 4.79 Å². The summed E-state index contributed by atoms with van der Waals surface area (Å²) >= 11 is 0. The predicted molar refractivity (Wildman–Crippen MR) is 101 cm³/mol. The summed E-state index contributed by atoms with van der Waals surface area (Å²) in [5.74, 6) is -0.333. The summed E-state index contributed by atoms with van der Waals surface area (Å²) in [4.78, 5) is 34.3. The number of ether oxygens (including phenoxy) is 4. The molecule has 0 aliphatic carbocycles. The number of nitrogens with one attached hydrogen (secondary N) is 1. The average Bonchev–Trinajstić information content (AvgIpc) is 2.96. The Hall–Kier alpha value is -3.82. The van der Waals surface area contributed by atoms with Crippen LogP contribution in [0.3, 0.4) is 0 Å². The lowest BCUT2D eigenvalue weighted by molar-refractivity contribution is -0.385. The van der Waals surface area contributed by atoms with Crippen LogP contribution in [-0.2, 0) is 9.53 Å². The van der Waals surface area contributed by atoms with Crippen molar-refractivity contribution in [2.45, 2.75) is 6.42 Å². The van der Waals surface area contributed by atoms with Crippen LogP contribution in [0.25, 0.3) is 0 Å². The van der Waals surface area contributed by atoms with Crippen molar-refractivity contribution in [2.24, 2.45) is 0 Å². The number of nitro groups is 1. The number of rotatable bonds is 6. The number of hydrogen-bond donors (Lipinski definition) is 1. The third-order valence-electron chi connectivity index (χ3n) is 3.97. The van der Waals surface area contributed by atoms with Crippen molar-refractivity contribution in [3.8, 4) is 17.2 Å². The molecule has 3 rings (SSSR count). The Morgan fingerprint density at radius 3 is 2.62 bits per heavy atom. The fourth-order valence-electron chi connectivity index (χ4n) is 2.61. The van der Waals surface area contributed by atoms with Crippen LogP contribution in [0.1, 0.15) is 16.8 Å². The van der Waals surface area contributed by atoms with Gasteiger partial charge in [-0.1, -0.05) is 0 Å². The summed E-state index contributed by atoms with van der Waals surface area (Å²) in [7, 11) is 1.19. The number of nitrogens with zero attached hydrogens (tertiary/aromatic N) is 1. The maximum atomic E-state index is 12.2. The van der Waals surface area contributed by atoms with Crippen LogP contribution in [0.2, 0.25) is 0 Å². The van der Waals surface area contributed by atoms with Gasteiger partial charge in [0.2, 0.25) is 0 Å². The zero-order chi connectivity index (χ0) is 20.8. The fraction of sp³-hybridized carbons (Fsp3) is 0.263. The summed E-state index contributed by atoms with van der Waals surface area (Å²) in [6, 6.07) is 8.47. The molecule has 0 saturated carbocycles. The highest BCUT2D eigenvalue weighted by Gasteiger charge is 2.20. The largest absolute Gasteiger partial charge is 0.490 e. The van der Waals surface area contributed by atoms with E-state index >= 15 is 0 Å². The van der Waals surface area contributed by atoms with Crippen molar-refractivity contribution >= 4 is 23.3 Å². The van der Waals surface area contributed by atoms with Crippen molar-refractivity contribution in [1.82, 2.24) is 0 Å². The Balaban J connectivity index is 1.68. The van der Waals surface area contributed by atoms with Gasteiger partial charge in [-0.3, -0.25) is 14.9 Å². The molecule has 1 heterocycles. The summed E-state index contributed by atoms with van der Waals surface area (Å²) in [5.41, 5.74) is 0.151. The smallest absolute Gasteiger partial charge is 0.337 e. The minimum Gasteiger partial charge on any atom is -0.490 e. The van der Waals surface area contributed by atoms with Crippen LogP contribution in [0.15, 0.2) is 36.4 Å². The van der Waals surface area contributed by atoms with E-state index in [1.165, 1.54) is 13.2 Å². The second kappa shape index (κ2) is 8.91. The number of amides is 1. The molecule has 0 unspecified atom stereocenters. The van der Waals surface area contributed by atoms with Gasteiger partial charge in [0.1, 0.15) is 0 Å². The maximum Gasteiger partial charge on any atom is 0.337 e. The first-order valence-electron chi connectivity index (χ1n) is 8.67. The van der Waals surface area contributed by atoms with E-state index in [1.54, 1.807) is 18.2 Å². The minimum absolute atomic E-state index is 0.0661. The lowest BCUT2D eigenvalue weighted by Crippen LogP contribution is -2.20. The van der Waals surface area contributed by atoms with Crippen LogP contribution < -0.4 is 19.5 Å². The number of fused-ring (bicyclic) bond motifs is 1. The van der Waals surface area contributed by atoms with E-state index < -0.39 is 23.4 Å². The molecule has 152 valence electrons. The van der Waals surface area contributed by atoms with E-state index in [2.05, 4.69) is 10.1 Å². The third-order valence-corrected chi connectivity index (χ3v) is 3.97. The Bertz CT molecular complexity index is 944. The first-order valence-corrected chi connectivity index (χ1v) is 8.67. The highest BCUT2D eigenvalue weighted by molar-refractivity contribution is 5.93. The number of carbonyl (C=O) groups excluding carboxylic acids is 2. The Morgan fingerprint density at radius 2 is 1.90 bits per heavy atom. The van der Waals surface area contributed by atoms with Gasteiger partial charge in [-0.2, -0.15) is 0 Å². The molecule has 1 aliphatic rings. The standard InChI is InChI=1S/C19H18N2O8/c1-26-19(23)12-3-5-14(21(24)25)16(9-12)29-11-18(22)20-13-4-6-15-17(10-13)28-8-2-7-27-15/h3-6,9-10H,2,7-8,11H2,1H3,(H,20,22). The lowest BCUT2D eigenvalue weighted by Gasteiger charge is -2.11. The van der Waals surface area contributed by atoms with Crippen LogP contribution in [0, 0.1) is 10.1 Å². The van der Waals surface area contributed by atoms with E-state index in [1.807, 2.05) is 0 Å². The Kier molecular flexibility index (Phi) is 6.12. The Morgan fingerprint density at radius 1 is 1.14 bits per heavy atom. The Labute approximate surface area is 165 Å². The van der Waals surface area contributed by atoms with Gasteiger partial charge in [0.25, 0.3) is 5.91 Å². The highest BCUT2D eigenvalue weighted by Crippen LogP contribution is 2.32. The van der Waals surface area contributed by atoms with Crippen LogP contribution >= 0.6 is 0 Å². The molecule has 0 bridgehead atoms. The molecule has 2 aromatic carbocycles. The minimum atomic E-state index is -0.679. The maximum absolute atomic E-state index is 12.2. The second-order valence-electron chi connectivity index (χ2n) is 5.98. The van der Waals surface area contributed by atoms with Gasteiger partial charge < -0.3 is 24.3 Å². The highest BCUT2D eigenvalue weighted by atomic mass is 16.6. The molecule has 0 radical (unpaired) electrons. The summed E-state index contributed by atoms with van der Waals surface area (Å²) in [6.45, 7) is 0.559. The number of nitro benzene ring substituents is 1. The second-order valence-corrected chi connectivity index (χ2v) is 5.98. The lowest BCUT2D eigenvalue weighted by atomic mass is 10.2. The first-order chi connectivity index (χ1) is 14.0. The normalized spacial score (nSPS) is 12.4. The molecule has 1 aliphatic heterocycles. The molecule has 1 amide bonds. The molecule has 1 N–H and O–H groups in total. The zero-order valence-corrected chi connectivity index (χ0v) is 15.5. The summed E-state index contributed by atoms with van der Waals surface area (Å²) in [6.07, 6.45) is 0.758. The molecular formula is C19H18N2O8. The van der Waals surface area contributed by atoms with E-state index in [-0.39, 0.29) is 17.0 Å².